The Labute approximate surface area is 191 Å². The Balaban J connectivity index is 1.42. The van der Waals surface area contributed by atoms with Crippen molar-refractivity contribution in [2.45, 2.75) is 37.8 Å². The normalized spacial score (nSPS) is 15.5. The Bertz CT molecular complexity index is 1190. The highest BCUT2D eigenvalue weighted by atomic mass is 19.1. The van der Waals surface area contributed by atoms with E-state index in [0.717, 1.165) is 22.3 Å². The molecule has 5 nitrogen and oxygen atoms in total. The number of hydrogen-bond donors (Lipinski definition) is 1. The molecule has 0 aromatic heterocycles. The molecule has 0 heterocycles. The van der Waals surface area contributed by atoms with Crippen LogP contribution in [0.25, 0.3) is 11.1 Å². The lowest BCUT2D eigenvalue weighted by molar-refractivity contribution is -0.143. The van der Waals surface area contributed by atoms with E-state index in [0.29, 0.717) is 18.4 Å². The molecule has 0 aliphatic heterocycles. The second-order valence-corrected chi connectivity index (χ2v) is 8.68. The second kappa shape index (κ2) is 8.35. The van der Waals surface area contributed by atoms with Gasteiger partial charge in [-0.05, 0) is 65.3 Å². The molecule has 3 aromatic rings. The van der Waals surface area contributed by atoms with Crippen LogP contribution >= 0.6 is 0 Å². The highest BCUT2D eigenvalue weighted by Crippen LogP contribution is 2.45. The van der Waals surface area contributed by atoms with Crippen molar-refractivity contribution in [3.05, 3.63) is 94.8 Å². The van der Waals surface area contributed by atoms with Crippen LogP contribution in [0.4, 0.5) is 9.18 Å². The lowest BCUT2D eigenvalue weighted by atomic mass is 9.98. The Morgan fingerprint density at radius 3 is 2.21 bits per heavy atom. The third kappa shape index (κ3) is 3.86. The van der Waals surface area contributed by atoms with Crippen molar-refractivity contribution in [3.63, 3.8) is 0 Å². The zero-order valence-corrected chi connectivity index (χ0v) is 18.2. The van der Waals surface area contributed by atoms with Crippen molar-refractivity contribution < 1.29 is 23.8 Å². The molecule has 2 aliphatic carbocycles. The van der Waals surface area contributed by atoms with Crippen LogP contribution in [0.2, 0.25) is 0 Å². The van der Waals surface area contributed by atoms with Crippen LogP contribution in [0.5, 0.6) is 0 Å². The molecular formula is C27H24FNO4. The van der Waals surface area contributed by atoms with E-state index in [1.807, 2.05) is 36.4 Å². The molecule has 1 amide bonds. The molecule has 1 N–H and O–H groups in total. The van der Waals surface area contributed by atoms with E-state index in [2.05, 4.69) is 12.1 Å². The number of aliphatic carboxylic acids is 1. The lowest BCUT2D eigenvalue weighted by Crippen LogP contribution is -2.41. The van der Waals surface area contributed by atoms with Crippen LogP contribution in [-0.4, -0.2) is 34.7 Å². The maximum Gasteiger partial charge on any atom is 0.411 e. The second-order valence-electron chi connectivity index (χ2n) is 8.68. The smallest absolute Gasteiger partial charge is 0.411 e. The summed E-state index contributed by atoms with van der Waals surface area (Å²) in [4.78, 5) is 26.8. The fourth-order valence-corrected chi connectivity index (χ4v) is 4.79. The van der Waals surface area contributed by atoms with E-state index in [1.54, 1.807) is 6.92 Å². The van der Waals surface area contributed by atoms with Gasteiger partial charge in [0, 0.05) is 12.0 Å². The molecule has 168 valence electrons. The minimum atomic E-state index is -1.30. The van der Waals surface area contributed by atoms with Gasteiger partial charge in [0.2, 0.25) is 0 Å². The summed E-state index contributed by atoms with van der Waals surface area (Å²) < 4.78 is 19.7. The zero-order valence-electron chi connectivity index (χ0n) is 18.2. The maximum absolute atomic E-state index is 14.0. The Morgan fingerprint density at radius 2 is 1.64 bits per heavy atom. The fourth-order valence-electron chi connectivity index (χ4n) is 4.79. The number of carbonyl (C=O) groups is 2. The van der Waals surface area contributed by atoms with Gasteiger partial charge in [-0.25, -0.2) is 14.0 Å². The summed E-state index contributed by atoms with van der Waals surface area (Å²) in [6, 6.07) is 18.5. The minimum Gasteiger partial charge on any atom is -0.479 e. The van der Waals surface area contributed by atoms with Gasteiger partial charge in [-0.15, -0.1) is 0 Å². The lowest BCUT2D eigenvalue weighted by Gasteiger charge is -2.30. The molecule has 5 rings (SSSR count). The van der Waals surface area contributed by atoms with Gasteiger partial charge in [0.25, 0.3) is 0 Å². The van der Waals surface area contributed by atoms with Crippen molar-refractivity contribution in [1.82, 2.24) is 4.90 Å². The molecule has 0 spiro atoms. The van der Waals surface area contributed by atoms with Crippen LogP contribution in [-0.2, 0) is 9.53 Å². The van der Waals surface area contributed by atoms with E-state index in [1.165, 1.54) is 23.1 Å². The summed E-state index contributed by atoms with van der Waals surface area (Å²) in [5.41, 5.74) is 5.28. The number of ether oxygens (including phenoxy) is 1. The average molecular weight is 445 g/mol. The Hall–Kier alpha value is -3.67. The van der Waals surface area contributed by atoms with Crippen LogP contribution < -0.4 is 0 Å². The van der Waals surface area contributed by atoms with Crippen LogP contribution in [0.1, 0.15) is 47.1 Å². The summed E-state index contributed by atoms with van der Waals surface area (Å²) in [5, 5.41) is 10.0. The Morgan fingerprint density at radius 1 is 1.03 bits per heavy atom. The standard InChI is InChI=1S/C27H24FNO4/c1-16-10-11-17(28)14-23(16)25(26(30)31)29(18-12-13-18)27(32)33-15-24-21-8-4-2-6-19(21)20-7-3-5-9-22(20)24/h2-11,14,18,24-25H,12-13,15H2,1H3,(H,30,31). The first-order valence-electron chi connectivity index (χ1n) is 11.1. The number of nitrogens with zero attached hydrogens (tertiary/aromatic N) is 1. The molecule has 0 bridgehead atoms. The van der Waals surface area contributed by atoms with Gasteiger partial charge in [-0.3, -0.25) is 4.90 Å². The molecule has 3 aromatic carbocycles. The number of carbonyl (C=O) groups excluding carboxylic acids is 1. The summed E-state index contributed by atoms with van der Waals surface area (Å²) in [6.07, 6.45) is 0.709. The first kappa shape index (κ1) is 21.2. The van der Waals surface area contributed by atoms with Crippen LogP contribution in [0.3, 0.4) is 0 Å². The highest BCUT2D eigenvalue weighted by molar-refractivity contribution is 5.83. The Kier molecular flexibility index (Phi) is 5.36. The molecule has 0 radical (unpaired) electrons. The first-order chi connectivity index (χ1) is 16.0. The molecule has 1 fully saturated rings. The van der Waals surface area contributed by atoms with Gasteiger partial charge in [0.05, 0.1) is 0 Å². The number of fused-ring (bicyclic) bond motifs is 3. The molecule has 0 saturated heterocycles. The van der Waals surface area contributed by atoms with E-state index in [-0.39, 0.29) is 24.1 Å². The topological polar surface area (TPSA) is 66.8 Å². The van der Waals surface area contributed by atoms with Crippen molar-refractivity contribution in [2.24, 2.45) is 0 Å². The van der Waals surface area contributed by atoms with Gasteiger partial charge >= 0.3 is 12.1 Å². The number of carboxylic acids is 1. The van der Waals surface area contributed by atoms with E-state index in [4.69, 9.17) is 4.74 Å². The van der Waals surface area contributed by atoms with Crippen molar-refractivity contribution >= 4 is 12.1 Å². The van der Waals surface area contributed by atoms with Crippen molar-refractivity contribution in [1.29, 1.82) is 0 Å². The van der Waals surface area contributed by atoms with Crippen molar-refractivity contribution in [3.8, 4) is 11.1 Å². The average Bonchev–Trinajstić information content (AvgIpc) is 3.59. The number of carboxylic acid groups (broad SMARTS) is 1. The third-order valence-corrected chi connectivity index (χ3v) is 6.54. The van der Waals surface area contributed by atoms with Gasteiger partial charge < -0.3 is 9.84 Å². The number of halogens is 1. The molecule has 1 saturated carbocycles. The number of benzene rings is 3. The largest absolute Gasteiger partial charge is 0.479 e. The van der Waals surface area contributed by atoms with E-state index in [9.17, 15) is 19.1 Å². The summed E-state index contributed by atoms with van der Waals surface area (Å²) >= 11 is 0. The maximum atomic E-state index is 14.0. The fraction of sp³-hybridized carbons (Fsp3) is 0.259. The van der Waals surface area contributed by atoms with Crippen molar-refractivity contribution in [2.75, 3.05) is 6.61 Å². The van der Waals surface area contributed by atoms with Gasteiger partial charge in [0.15, 0.2) is 6.04 Å². The van der Waals surface area contributed by atoms with Crippen LogP contribution in [0, 0.1) is 12.7 Å². The molecule has 6 heteroatoms. The number of rotatable bonds is 6. The van der Waals surface area contributed by atoms with E-state index >= 15 is 0 Å². The zero-order chi connectivity index (χ0) is 23.1. The predicted octanol–water partition coefficient (Wildman–Crippen LogP) is 5.67. The summed E-state index contributed by atoms with van der Waals surface area (Å²) in [6.45, 7) is 1.82. The molecule has 1 unspecified atom stereocenters. The van der Waals surface area contributed by atoms with Gasteiger partial charge in [-0.2, -0.15) is 0 Å². The summed E-state index contributed by atoms with van der Waals surface area (Å²) in [7, 11) is 0. The highest BCUT2D eigenvalue weighted by Gasteiger charge is 2.43. The quantitative estimate of drug-likeness (QED) is 0.531. The third-order valence-electron chi connectivity index (χ3n) is 6.54. The minimum absolute atomic E-state index is 0.102. The number of aryl methyl sites for hydroxylation is 1. The van der Waals surface area contributed by atoms with Gasteiger partial charge in [-0.1, -0.05) is 54.6 Å². The molecule has 2 aliphatic rings. The first-order valence-corrected chi connectivity index (χ1v) is 11.1. The molecular weight excluding hydrogens is 421 g/mol. The predicted molar refractivity (Wildman–Crippen MR) is 121 cm³/mol. The molecule has 33 heavy (non-hydrogen) atoms. The van der Waals surface area contributed by atoms with Crippen LogP contribution in [0.15, 0.2) is 66.7 Å². The number of hydrogen-bond acceptors (Lipinski definition) is 3. The summed E-state index contributed by atoms with van der Waals surface area (Å²) in [5.74, 6) is -1.86. The molecule has 1 atom stereocenters. The number of amides is 1. The monoisotopic (exact) mass is 445 g/mol. The SMILES string of the molecule is Cc1ccc(F)cc1C(C(=O)O)N(C(=O)OCC1c2ccccc2-c2ccccc21)C1CC1. The van der Waals surface area contributed by atoms with E-state index < -0.39 is 23.9 Å². The van der Waals surface area contributed by atoms with Gasteiger partial charge in [0.1, 0.15) is 12.4 Å².